The maximum Gasteiger partial charge on any atom is 0.228 e. The number of anilines is 1. The minimum Gasteiger partial charge on any atom is -0.378 e. The Balaban J connectivity index is 1.46. The second kappa shape index (κ2) is 8.25. The third kappa shape index (κ3) is 5.29. The Morgan fingerprint density at radius 1 is 1.16 bits per heavy atom. The molecule has 0 unspecified atom stereocenters. The van der Waals surface area contributed by atoms with Gasteiger partial charge < -0.3 is 10.6 Å². The van der Waals surface area contributed by atoms with Crippen molar-refractivity contribution in [3.05, 3.63) is 71.0 Å². The first-order chi connectivity index (χ1) is 12.2. The van der Waals surface area contributed by atoms with Gasteiger partial charge in [0.1, 0.15) is 5.82 Å². The van der Waals surface area contributed by atoms with Crippen LogP contribution in [-0.2, 0) is 24.3 Å². The molecule has 0 spiro atoms. The molecule has 8 heteroatoms. The van der Waals surface area contributed by atoms with Crippen molar-refractivity contribution in [2.24, 2.45) is 0 Å². The summed E-state index contributed by atoms with van der Waals surface area (Å²) in [7, 11) is 0. The summed E-state index contributed by atoms with van der Waals surface area (Å²) < 4.78 is 0. The molecule has 0 bridgehead atoms. The van der Waals surface area contributed by atoms with Gasteiger partial charge in [-0.15, -0.1) is 0 Å². The smallest absolute Gasteiger partial charge is 0.228 e. The fraction of sp³-hybridized carbons (Fsp3) is 0.176. The lowest BCUT2D eigenvalue weighted by atomic mass is 10.3. The summed E-state index contributed by atoms with van der Waals surface area (Å²) in [5, 5.41) is 13.6. The van der Waals surface area contributed by atoms with Gasteiger partial charge in [0, 0.05) is 29.6 Å². The van der Waals surface area contributed by atoms with Crippen LogP contribution in [-0.4, -0.2) is 26.1 Å². The Morgan fingerprint density at radius 3 is 2.76 bits per heavy atom. The second-order valence-corrected chi connectivity index (χ2v) is 5.81. The molecule has 3 aromatic rings. The monoisotopic (exact) mass is 356 g/mol. The lowest BCUT2D eigenvalue weighted by Gasteiger charge is -2.03. The SMILES string of the molecule is O=C(Cc1n[nH]c(CNc2ccc(Cl)cc2)n1)NCc1cccnc1. The van der Waals surface area contributed by atoms with Crippen molar-refractivity contribution in [2.75, 3.05) is 5.32 Å². The van der Waals surface area contributed by atoms with Crippen LogP contribution in [0, 0.1) is 0 Å². The number of aromatic nitrogens is 4. The molecule has 0 aliphatic rings. The number of aromatic amines is 1. The number of H-pyrrole nitrogens is 1. The fourth-order valence-electron chi connectivity index (χ4n) is 2.16. The number of carbonyl (C=O) groups is 1. The highest BCUT2D eigenvalue weighted by Gasteiger charge is 2.09. The van der Waals surface area contributed by atoms with Crippen LogP contribution in [0.4, 0.5) is 5.69 Å². The van der Waals surface area contributed by atoms with Crippen LogP contribution in [0.1, 0.15) is 17.2 Å². The van der Waals surface area contributed by atoms with Gasteiger partial charge in [0.15, 0.2) is 5.82 Å². The van der Waals surface area contributed by atoms with Gasteiger partial charge in [0.05, 0.1) is 13.0 Å². The van der Waals surface area contributed by atoms with Crippen molar-refractivity contribution in [2.45, 2.75) is 19.5 Å². The van der Waals surface area contributed by atoms with Crippen LogP contribution >= 0.6 is 11.6 Å². The van der Waals surface area contributed by atoms with E-state index in [9.17, 15) is 4.79 Å². The summed E-state index contributed by atoms with van der Waals surface area (Å²) in [6, 6.07) is 11.1. The van der Waals surface area contributed by atoms with E-state index < -0.39 is 0 Å². The van der Waals surface area contributed by atoms with Crippen LogP contribution in [0.25, 0.3) is 0 Å². The molecule has 3 N–H and O–H groups in total. The molecule has 2 aromatic heterocycles. The van der Waals surface area contributed by atoms with Gasteiger partial charge in [0.2, 0.25) is 5.91 Å². The van der Waals surface area contributed by atoms with E-state index in [1.54, 1.807) is 12.4 Å². The van der Waals surface area contributed by atoms with Gasteiger partial charge in [0.25, 0.3) is 0 Å². The van der Waals surface area contributed by atoms with Crippen LogP contribution in [0.2, 0.25) is 5.02 Å². The topological polar surface area (TPSA) is 95.6 Å². The molecular weight excluding hydrogens is 340 g/mol. The lowest BCUT2D eigenvalue weighted by molar-refractivity contribution is -0.120. The standard InChI is InChI=1S/C17H17ClN6O/c18-13-3-5-14(6-4-13)20-11-16-22-15(23-24-16)8-17(25)21-10-12-2-1-7-19-9-12/h1-7,9,20H,8,10-11H2,(H,21,25)(H,22,23,24). The van der Waals surface area contributed by atoms with E-state index in [0.29, 0.717) is 29.8 Å². The molecule has 25 heavy (non-hydrogen) atoms. The number of benzene rings is 1. The van der Waals surface area contributed by atoms with Gasteiger partial charge in [-0.25, -0.2) is 4.98 Å². The second-order valence-electron chi connectivity index (χ2n) is 5.37. The minimum absolute atomic E-state index is 0.123. The summed E-state index contributed by atoms with van der Waals surface area (Å²) >= 11 is 5.85. The number of nitrogens with zero attached hydrogens (tertiary/aromatic N) is 3. The Kier molecular flexibility index (Phi) is 5.58. The van der Waals surface area contributed by atoms with Gasteiger partial charge in [-0.05, 0) is 35.9 Å². The Morgan fingerprint density at radius 2 is 2.00 bits per heavy atom. The number of halogens is 1. The highest BCUT2D eigenvalue weighted by Crippen LogP contribution is 2.13. The van der Waals surface area contributed by atoms with Gasteiger partial charge in [-0.3, -0.25) is 14.9 Å². The predicted octanol–water partition coefficient (Wildman–Crippen LogP) is 2.32. The predicted molar refractivity (Wildman–Crippen MR) is 94.9 cm³/mol. The van der Waals surface area contributed by atoms with E-state index >= 15 is 0 Å². The van der Waals surface area contributed by atoms with E-state index in [1.807, 2.05) is 36.4 Å². The van der Waals surface area contributed by atoms with Gasteiger partial charge in [-0.1, -0.05) is 17.7 Å². The highest BCUT2D eigenvalue weighted by molar-refractivity contribution is 6.30. The van der Waals surface area contributed by atoms with Crippen molar-refractivity contribution in [3.63, 3.8) is 0 Å². The van der Waals surface area contributed by atoms with Crippen LogP contribution < -0.4 is 10.6 Å². The zero-order chi connectivity index (χ0) is 17.5. The number of nitrogens with one attached hydrogen (secondary N) is 3. The zero-order valence-electron chi connectivity index (χ0n) is 13.4. The van der Waals surface area contributed by atoms with Crippen LogP contribution in [0.15, 0.2) is 48.8 Å². The Bertz CT molecular complexity index is 819. The van der Waals surface area contributed by atoms with E-state index in [0.717, 1.165) is 11.3 Å². The van der Waals surface area contributed by atoms with E-state index in [-0.39, 0.29) is 12.3 Å². The molecule has 0 atom stereocenters. The molecule has 0 saturated heterocycles. The third-order valence-electron chi connectivity index (χ3n) is 3.41. The van der Waals surface area contributed by atoms with E-state index in [1.165, 1.54) is 0 Å². The normalized spacial score (nSPS) is 10.4. The van der Waals surface area contributed by atoms with Crippen LogP contribution in [0.3, 0.4) is 0 Å². The third-order valence-corrected chi connectivity index (χ3v) is 3.67. The molecule has 3 rings (SSSR count). The van der Waals surface area contributed by atoms with Gasteiger partial charge in [-0.2, -0.15) is 5.10 Å². The van der Waals surface area contributed by atoms with Crippen LogP contribution in [0.5, 0.6) is 0 Å². The van der Waals surface area contributed by atoms with Crippen molar-refractivity contribution in [1.82, 2.24) is 25.5 Å². The van der Waals surface area contributed by atoms with Crippen molar-refractivity contribution in [3.8, 4) is 0 Å². The van der Waals surface area contributed by atoms with Crippen molar-refractivity contribution < 1.29 is 4.79 Å². The molecule has 2 heterocycles. The molecule has 128 valence electrons. The highest BCUT2D eigenvalue weighted by atomic mass is 35.5. The number of rotatable bonds is 7. The average Bonchev–Trinajstić information content (AvgIpc) is 3.08. The first-order valence-corrected chi connectivity index (χ1v) is 8.12. The Labute approximate surface area is 149 Å². The molecule has 7 nitrogen and oxygen atoms in total. The molecule has 0 fully saturated rings. The number of carbonyl (C=O) groups excluding carboxylic acids is 1. The van der Waals surface area contributed by atoms with Crippen molar-refractivity contribution >= 4 is 23.2 Å². The van der Waals surface area contributed by atoms with E-state index in [2.05, 4.69) is 30.8 Å². The fourth-order valence-corrected chi connectivity index (χ4v) is 2.28. The average molecular weight is 357 g/mol. The number of pyridine rings is 1. The molecule has 1 amide bonds. The van der Waals surface area contributed by atoms with Crippen molar-refractivity contribution in [1.29, 1.82) is 0 Å². The minimum atomic E-state index is -0.139. The maximum atomic E-state index is 12.0. The molecule has 0 saturated carbocycles. The lowest BCUT2D eigenvalue weighted by Crippen LogP contribution is -2.25. The summed E-state index contributed by atoms with van der Waals surface area (Å²) in [6.45, 7) is 0.911. The first kappa shape index (κ1) is 16.9. The summed E-state index contributed by atoms with van der Waals surface area (Å²) in [5.74, 6) is 0.974. The summed E-state index contributed by atoms with van der Waals surface area (Å²) in [4.78, 5) is 20.3. The zero-order valence-corrected chi connectivity index (χ0v) is 14.1. The molecular formula is C17H17ClN6O. The molecule has 0 aliphatic carbocycles. The quantitative estimate of drug-likeness (QED) is 0.604. The number of hydrogen-bond acceptors (Lipinski definition) is 5. The largest absolute Gasteiger partial charge is 0.378 e. The molecule has 0 aliphatic heterocycles. The molecule has 1 aromatic carbocycles. The number of amides is 1. The van der Waals surface area contributed by atoms with Gasteiger partial charge >= 0.3 is 0 Å². The summed E-state index contributed by atoms with van der Waals surface area (Å²) in [6.07, 6.45) is 3.53. The Hall–Kier alpha value is -2.93. The van der Waals surface area contributed by atoms with E-state index in [4.69, 9.17) is 11.6 Å². The maximum absolute atomic E-state index is 12.0. The first-order valence-electron chi connectivity index (χ1n) is 7.74. The number of hydrogen-bond donors (Lipinski definition) is 3. The summed E-state index contributed by atoms with van der Waals surface area (Å²) in [5.41, 5.74) is 1.87. The molecule has 0 radical (unpaired) electrons.